The van der Waals surface area contributed by atoms with Gasteiger partial charge in [0.05, 0.1) is 23.1 Å². The van der Waals surface area contributed by atoms with Crippen molar-refractivity contribution in [2.75, 3.05) is 24.7 Å². The van der Waals surface area contributed by atoms with Crippen molar-refractivity contribution in [2.45, 2.75) is 13.0 Å². The van der Waals surface area contributed by atoms with Gasteiger partial charge < -0.3 is 21.4 Å². The topological polar surface area (TPSA) is 97.4 Å². The minimum Gasteiger partial charge on any atom is -0.397 e. The summed E-state index contributed by atoms with van der Waals surface area (Å²) in [6.07, 6.45) is 1.65. The molecule has 0 saturated carbocycles. The molecule has 0 fully saturated rings. The molecule has 1 aromatic rings. The Morgan fingerprint density at radius 1 is 1.41 bits per heavy atom. The molecule has 0 aliphatic carbocycles. The van der Waals surface area contributed by atoms with Gasteiger partial charge in [0.15, 0.2) is 0 Å². The van der Waals surface area contributed by atoms with Crippen LogP contribution in [0.2, 0.25) is 0 Å². The number of aromatic nitrogens is 1. The molecule has 6 N–H and O–H groups in total. The summed E-state index contributed by atoms with van der Waals surface area (Å²) >= 11 is 0. The van der Waals surface area contributed by atoms with Gasteiger partial charge in [-0.2, -0.15) is 0 Å². The maximum atomic E-state index is 6.16. The van der Waals surface area contributed by atoms with Crippen LogP contribution in [-0.4, -0.2) is 30.1 Å². The second-order valence-electron chi connectivity index (χ2n) is 4.29. The Morgan fingerprint density at radius 2 is 2.06 bits per heavy atom. The molecule has 92 valence electrons. The molecule has 1 aromatic heterocycles. The minimum absolute atomic E-state index is 0.0593. The molecule has 1 unspecified atom stereocenters. The maximum absolute atomic E-state index is 6.16. The van der Waals surface area contributed by atoms with E-state index in [4.69, 9.17) is 17.3 Å². The molecular weight excluding hydrogens is 216 g/mol. The molecule has 0 aromatic carbocycles. The fourth-order valence-electron chi connectivity index (χ4n) is 2.28. The standard InChI is InChI=1S/C11H18N6/c1-6-9(17(3)14)8(12)7-4-5-15-11(13)10(7)16(6)2/h4-6H,12,14H2,1-3H3,(H2,13,15). The molecule has 0 radical (unpaired) electrons. The lowest BCUT2D eigenvalue weighted by Crippen LogP contribution is -2.44. The van der Waals surface area contributed by atoms with E-state index >= 15 is 0 Å². The Hall–Kier alpha value is -1.95. The number of fused-ring (bicyclic) bond motifs is 1. The molecule has 6 nitrogen and oxygen atoms in total. The molecule has 1 aliphatic heterocycles. The highest BCUT2D eigenvalue weighted by Gasteiger charge is 2.30. The van der Waals surface area contributed by atoms with E-state index in [-0.39, 0.29) is 6.04 Å². The summed E-state index contributed by atoms with van der Waals surface area (Å²) in [6, 6.07) is 1.91. The number of anilines is 2. The van der Waals surface area contributed by atoms with Crippen molar-refractivity contribution in [1.82, 2.24) is 9.99 Å². The van der Waals surface area contributed by atoms with Crippen molar-refractivity contribution in [2.24, 2.45) is 11.6 Å². The first-order chi connectivity index (χ1) is 7.95. The van der Waals surface area contributed by atoms with Crippen molar-refractivity contribution < 1.29 is 0 Å². The zero-order valence-corrected chi connectivity index (χ0v) is 10.3. The highest BCUT2D eigenvalue weighted by molar-refractivity contribution is 5.86. The van der Waals surface area contributed by atoms with Crippen LogP contribution in [0.15, 0.2) is 18.0 Å². The largest absolute Gasteiger partial charge is 0.397 e. The molecule has 0 bridgehead atoms. The van der Waals surface area contributed by atoms with Gasteiger partial charge in [0.25, 0.3) is 0 Å². The number of rotatable bonds is 1. The SMILES string of the molecule is CC1C(N(C)N)=C(N)c2ccnc(N)c2N1C. The zero-order chi connectivity index (χ0) is 12.7. The Kier molecular flexibility index (Phi) is 2.59. The van der Waals surface area contributed by atoms with Crippen LogP contribution in [0.25, 0.3) is 5.70 Å². The highest BCUT2D eigenvalue weighted by atomic mass is 15.4. The average molecular weight is 234 g/mol. The van der Waals surface area contributed by atoms with Crippen LogP contribution in [0.4, 0.5) is 11.5 Å². The van der Waals surface area contributed by atoms with E-state index in [1.807, 2.05) is 24.9 Å². The van der Waals surface area contributed by atoms with E-state index in [0.717, 1.165) is 16.9 Å². The van der Waals surface area contributed by atoms with E-state index in [1.54, 1.807) is 18.3 Å². The number of nitrogen functional groups attached to an aromatic ring is 1. The third-order valence-electron chi connectivity index (χ3n) is 3.23. The Labute approximate surface area is 101 Å². The van der Waals surface area contributed by atoms with Gasteiger partial charge in [-0.15, -0.1) is 0 Å². The number of nitrogens with zero attached hydrogens (tertiary/aromatic N) is 3. The number of hydrogen-bond donors (Lipinski definition) is 3. The number of hydrogen-bond acceptors (Lipinski definition) is 6. The monoisotopic (exact) mass is 234 g/mol. The first-order valence-corrected chi connectivity index (χ1v) is 5.41. The van der Waals surface area contributed by atoms with Crippen LogP contribution in [0.1, 0.15) is 12.5 Å². The van der Waals surface area contributed by atoms with Crippen molar-refractivity contribution >= 4 is 17.2 Å². The van der Waals surface area contributed by atoms with Crippen molar-refractivity contribution in [3.63, 3.8) is 0 Å². The average Bonchev–Trinajstić information content (AvgIpc) is 2.25. The number of nitrogens with two attached hydrogens (primary N) is 3. The van der Waals surface area contributed by atoms with Gasteiger partial charge >= 0.3 is 0 Å². The molecule has 2 heterocycles. The fourth-order valence-corrected chi connectivity index (χ4v) is 2.28. The zero-order valence-electron chi connectivity index (χ0n) is 10.3. The molecule has 0 saturated heterocycles. The molecule has 17 heavy (non-hydrogen) atoms. The Morgan fingerprint density at radius 3 is 2.65 bits per heavy atom. The summed E-state index contributed by atoms with van der Waals surface area (Å²) in [6.45, 7) is 2.03. The Balaban J connectivity index is 2.71. The number of hydrazine groups is 1. The lowest BCUT2D eigenvalue weighted by atomic mass is 9.99. The van der Waals surface area contributed by atoms with Crippen LogP contribution in [0.3, 0.4) is 0 Å². The minimum atomic E-state index is 0.0593. The van der Waals surface area contributed by atoms with Crippen molar-refractivity contribution in [3.05, 3.63) is 23.5 Å². The molecule has 6 heteroatoms. The first-order valence-electron chi connectivity index (χ1n) is 5.41. The molecule has 1 atom stereocenters. The second kappa shape index (κ2) is 3.81. The lowest BCUT2D eigenvalue weighted by molar-refractivity contribution is 0.405. The van der Waals surface area contributed by atoms with E-state index in [1.165, 1.54) is 0 Å². The van der Waals surface area contributed by atoms with Crippen LogP contribution in [0, 0.1) is 0 Å². The summed E-state index contributed by atoms with van der Waals surface area (Å²) in [5.41, 5.74) is 15.3. The van der Waals surface area contributed by atoms with Crippen molar-refractivity contribution in [3.8, 4) is 0 Å². The summed E-state index contributed by atoms with van der Waals surface area (Å²) < 4.78 is 0. The van der Waals surface area contributed by atoms with Gasteiger partial charge in [-0.05, 0) is 13.0 Å². The quantitative estimate of drug-likeness (QED) is 0.465. The van der Waals surface area contributed by atoms with Crippen LogP contribution in [-0.2, 0) is 0 Å². The number of likely N-dealkylation sites (N-methyl/N-ethyl adjacent to an activating group) is 2. The highest BCUT2D eigenvalue weighted by Crippen LogP contribution is 2.37. The first kappa shape index (κ1) is 11.5. The fraction of sp³-hybridized carbons (Fsp3) is 0.364. The molecule has 1 aliphatic rings. The van der Waals surface area contributed by atoms with Gasteiger partial charge in [-0.25, -0.2) is 10.8 Å². The smallest absolute Gasteiger partial charge is 0.147 e. The van der Waals surface area contributed by atoms with Crippen molar-refractivity contribution in [1.29, 1.82) is 0 Å². The van der Waals surface area contributed by atoms with Crippen LogP contribution >= 0.6 is 0 Å². The summed E-state index contributed by atoms with van der Waals surface area (Å²) in [7, 11) is 3.74. The summed E-state index contributed by atoms with van der Waals surface area (Å²) in [4.78, 5) is 6.13. The van der Waals surface area contributed by atoms with E-state index < -0.39 is 0 Å². The van der Waals surface area contributed by atoms with E-state index in [0.29, 0.717) is 11.5 Å². The van der Waals surface area contributed by atoms with Gasteiger partial charge in [-0.3, -0.25) is 0 Å². The molecule has 2 rings (SSSR count). The third kappa shape index (κ3) is 1.57. The van der Waals surface area contributed by atoms with E-state index in [2.05, 4.69) is 4.98 Å². The van der Waals surface area contributed by atoms with Gasteiger partial charge in [0, 0.05) is 25.9 Å². The predicted molar refractivity (Wildman–Crippen MR) is 69.6 cm³/mol. The second-order valence-corrected chi connectivity index (χ2v) is 4.29. The Bertz CT molecular complexity index is 479. The van der Waals surface area contributed by atoms with E-state index in [9.17, 15) is 0 Å². The predicted octanol–water partition coefficient (Wildman–Crippen LogP) is -0.0651. The number of pyridine rings is 1. The molecule has 0 spiro atoms. The molecular formula is C11H18N6. The normalized spacial score (nSPS) is 19.3. The van der Waals surface area contributed by atoms with Crippen LogP contribution in [0.5, 0.6) is 0 Å². The van der Waals surface area contributed by atoms with Crippen LogP contribution < -0.4 is 22.2 Å². The maximum Gasteiger partial charge on any atom is 0.147 e. The third-order valence-corrected chi connectivity index (χ3v) is 3.23. The van der Waals surface area contributed by atoms with Gasteiger partial charge in [-0.1, -0.05) is 0 Å². The summed E-state index contributed by atoms with van der Waals surface area (Å²) in [5, 5.41) is 1.55. The lowest BCUT2D eigenvalue weighted by Gasteiger charge is -2.38. The molecule has 0 amide bonds. The van der Waals surface area contributed by atoms with Gasteiger partial charge in [0.1, 0.15) is 5.82 Å². The van der Waals surface area contributed by atoms with Gasteiger partial charge in [0.2, 0.25) is 0 Å². The summed E-state index contributed by atoms with van der Waals surface area (Å²) in [5.74, 6) is 6.31.